The van der Waals surface area contributed by atoms with Gasteiger partial charge in [-0.05, 0) is 44.0 Å². The second kappa shape index (κ2) is 11.1. The monoisotopic (exact) mass is 433 g/mol. The lowest BCUT2D eigenvalue weighted by Crippen LogP contribution is -2.34. The number of aromatic nitrogens is 1. The van der Waals surface area contributed by atoms with Crippen LogP contribution in [0.2, 0.25) is 0 Å². The van der Waals surface area contributed by atoms with Gasteiger partial charge in [0.2, 0.25) is 15.9 Å². The smallest absolute Gasteiger partial charge is 0.243 e. The van der Waals surface area contributed by atoms with E-state index in [-0.39, 0.29) is 0 Å². The fraction of sp³-hybridized carbons (Fsp3) is 0.609. The molecule has 0 bridgehead atoms. The Labute approximate surface area is 181 Å². The number of benzene rings is 1. The molecule has 0 atom stereocenters. The molecule has 1 N–H and O–H groups in total. The highest BCUT2D eigenvalue weighted by Gasteiger charge is 2.28. The Morgan fingerprint density at radius 3 is 2.73 bits per heavy atom. The average Bonchev–Trinajstić information content (AvgIpc) is 3.04. The van der Waals surface area contributed by atoms with Gasteiger partial charge in [-0.2, -0.15) is 4.31 Å². The van der Waals surface area contributed by atoms with E-state index in [9.17, 15) is 8.42 Å². The largest absolute Gasteiger partial charge is 0.477 e. The molecule has 1 aromatic heterocycles. The normalized spacial score (nSPS) is 15.9. The number of nitrogens with one attached hydrogen (secondary N) is 1. The Morgan fingerprint density at radius 2 is 1.90 bits per heavy atom. The van der Waals surface area contributed by atoms with Crippen LogP contribution in [0.1, 0.15) is 57.4 Å². The van der Waals surface area contributed by atoms with E-state index < -0.39 is 10.0 Å². The summed E-state index contributed by atoms with van der Waals surface area (Å²) in [5.74, 6) is 0.527. The van der Waals surface area contributed by atoms with E-state index in [2.05, 4.69) is 17.2 Å². The number of fused-ring (bicyclic) bond motifs is 1. The summed E-state index contributed by atoms with van der Waals surface area (Å²) in [4.78, 5) is 4.82. The third-order valence-corrected chi connectivity index (χ3v) is 7.62. The van der Waals surface area contributed by atoms with Crippen molar-refractivity contribution in [3.63, 3.8) is 0 Å². The van der Waals surface area contributed by atoms with Gasteiger partial charge >= 0.3 is 0 Å². The van der Waals surface area contributed by atoms with Crippen LogP contribution >= 0.6 is 0 Å². The minimum Gasteiger partial charge on any atom is -0.477 e. The van der Waals surface area contributed by atoms with Crippen molar-refractivity contribution in [3.8, 4) is 5.88 Å². The van der Waals surface area contributed by atoms with Crippen molar-refractivity contribution in [2.45, 2.75) is 63.7 Å². The van der Waals surface area contributed by atoms with Crippen molar-refractivity contribution >= 4 is 20.8 Å². The summed E-state index contributed by atoms with van der Waals surface area (Å²) in [6, 6.07) is 5.42. The molecule has 1 aromatic carbocycles. The lowest BCUT2D eigenvalue weighted by Gasteiger charge is -2.21. The van der Waals surface area contributed by atoms with Crippen LogP contribution in [0.4, 0.5) is 0 Å². The quantitative estimate of drug-likeness (QED) is 0.567. The molecule has 2 aromatic rings. The number of pyridine rings is 1. The van der Waals surface area contributed by atoms with E-state index in [0.717, 1.165) is 42.1 Å². The third-order valence-electron chi connectivity index (χ3n) is 5.68. The van der Waals surface area contributed by atoms with E-state index in [0.29, 0.717) is 37.0 Å². The maximum atomic E-state index is 13.4. The molecule has 0 saturated carbocycles. The highest BCUT2D eigenvalue weighted by atomic mass is 32.2. The molecule has 3 rings (SSSR count). The van der Waals surface area contributed by atoms with Crippen molar-refractivity contribution in [2.24, 2.45) is 0 Å². The highest BCUT2D eigenvalue weighted by Crippen LogP contribution is 2.33. The van der Waals surface area contributed by atoms with Gasteiger partial charge in [-0.15, -0.1) is 0 Å². The van der Waals surface area contributed by atoms with Crippen LogP contribution in [0.5, 0.6) is 5.88 Å². The number of hydrogen-bond donors (Lipinski definition) is 1. The summed E-state index contributed by atoms with van der Waals surface area (Å²) in [5, 5.41) is 4.76. The van der Waals surface area contributed by atoms with Crippen molar-refractivity contribution < 1.29 is 13.2 Å². The van der Waals surface area contributed by atoms with Gasteiger partial charge in [0.15, 0.2) is 0 Å². The molecule has 0 radical (unpaired) electrons. The maximum absolute atomic E-state index is 13.4. The zero-order valence-electron chi connectivity index (χ0n) is 18.3. The standard InChI is InChI=1S/C23H35N3O3S/c1-3-4-5-6-7-8-17-29-23-20-11-9-12-21(22(20)19(2)18-25-23)30(27,28)26-15-10-13-24-14-16-26/h9,11-12,18,24H,3-8,10,13-17H2,1-2H3. The first-order valence-electron chi connectivity index (χ1n) is 11.3. The van der Waals surface area contributed by atoms with Crippen molar-refractivity contribution in [1.29, 1.82) is 0 Å². The number of rotatable bonds is 10. The average molecular weight is 434 g/mol. The molecule has 1 aliphatic rings. The summed E-state index contributed by atoms with van der Waals surface area (Å²) in [6.07, 6.45) is 9.71. The lowest BCUT2D eigenvalue weighted by molar-refractivity contribution is 0.297. The molecule has 6 nitrogen and oxygen atoms in total. The van der Waals surface area contributed by atoms with Crippen LogP contribution < -0.4 is 10.1 Å². The summed E-state index contributed by atoms with van der Waals surface area (Å²) < 4.78 is 34.5. The molecular weight excluding hydrogens is 398 g/mol. The first kappa shape index (κ1) is 23.0. The number of hydrogen-bond acceptors (Lipinski definition) is 5. The second-order valence-corrected chi connectivity index (χ2v) is 9.96. The molecule has 0 aliphatic carbocycles. The maximum Gasteiger partial charge on any atom is 0.243 e. The van der Waals surface area contributed by atoms with Gasteiger partial charge in [-0.25, -0.2) is 13.4 Å². The van der Waals surface area contributed by atoms with Gasteiger partial charge in [-0.1, -0.05) is 45.1 Å². The van der Waals surface area contributed by atoms with E-state index >= 15 is 0 Å². The van der Waals surface area contributed by atoms with E-state index in [4.69, 9.17) is 4.74 Å². The second-order valence-electron chi connectivity index (χ2n) is 8.05. The van der Waals surface area contributed by atoms with Gasteiger partial charge in [0, 0.05) is 36.6 Å². The summed E-state index contributed by atoms with van der Waals surface area (Å²) in [7, 11) is -3.58. The van der Waals surface area contributed by atoms with E-state index in [1.165, 1.54) is 25.7 Å². The zero-order valence-corrected chi connectivity index (χ0v) is 19.1. The minimum atomic E-state index is -3.58. The van der Waals surface area contributed by atoms with Crippen molar-refractivity contribution in [2.75, 3.05) is 32.8 Å². The number of nitrogens with zero attached hydrogens (tertiary/aromatic N) is 2. The molecular formula is C23H35N3O3S. The summed E-state index contributed by atoms with van der Waals surface area (Å²) in [5.41, 5.74) is 0.851. The molecule has 2 heterocycles. The van der Waals surface area contributed by atoms with Crippen molar-refractivity contribution in [3.05, 3.63) is 30.0 Å². The van der Waals surface area contributed by atoms with Gasteiger partial charge in [0.25, 0.3) is 0 Å². The Hall–Kier alpha value is -1.70. The summed E-state index contributed by atoms with van der Waals surface area (Å²) >= 11 is 0. The van der Waals surface area contributed by atoms with Crippen LogP contribution in [-0.4, -0.2) is 50.5 Å². The molecule has 7 heteroatoms. The van der Waals surface area contributed by atoms with Gasteiger partial charge in [0.05, 0.1) is 11.5 Å². The van der Waals surface area contributed by atoms with Gasteiger partial charge < -0.3 is 10.1 Å². The van der Waals surface area contributed by atoms with Crippen LogP contribution in [0.15, 0.2) is 29.3 Å². The van der Waals surface area contributed by atoms with Crippen LogP contribution in [0, 0.1) is 6.92 Å². The molecule has 1 aliphatic heterocycles. The highest BCUT2D eigenvalue weighted by molar-refractivity contribution is 7.89. The Balaban J connectivity index is 1.81. The number of ether oxygens (including phenoxy) is 1. The SMILES string of the molecule is CCCCCCCCOc1ncc(C)c2c(S(=O)(=O)N3CCCNCC3)cccc12. The number of unbranched alkanes of at least 4 members (excludes halogenated alkanes) is 5. The molecule has 1 saturated heterocycles. The Bertz CT molecular complexity index is 923. The molecule has 30 heavy (non-hydrogen) atoms. The molecule has 0 spiro atoms. The molecule has 166 valence electrons. The fourth-order valence-electron chi connectivity index (χ4n) is 3.99. The van der Waals surface area contributed by atoms with Crippen LogP contribution in [0.3, 0.4) is 0 Å². The van der Waals surface area contributed by atoms with Crippen LogP contribution in [-0.2, 0) is 10.0 Å². The molecule has 0 amide bonds. The van der Waals surface area contributed by atoms with E-state index in [1.54, 1.807) is 22.6 Å². The number of sulfonamides is 1. The van der Waals surface area contributed by atoms with Crippen LogP contribution in [0.25, 0.3) is 10.8 Å². The number of aryl methyl sites for hydroxylation is 1. The summed E-state index contributed by atoms with van der Waals surface area (Å²) in [6.45, 7) is 7.29. The van der Waals surface area contributed by atoms with Gasteiger partial charge in [0.1, 0.15) is 0 Å². The zero-order chi connectivity index (χ0) is 21.4. The molecule has 0 unspecified atom stereocenters. The fourth-order valence-corrected chi connectivity index (χ4v) is 5.75. The van der Waals surface area contributed by atoms with Gasteiger partial charge in [-0.3, -0.25) is 0 Å². The van der Waals surface area contributed by atoms with E-state index in [1.807, 2.05) is 13.0 Å². The predicted molar refractivity (Wildman–Crippen MR) is 122 cm³/mol. The predicted octanol–water partition coefficient (Wildman–Crippen LogP) is 4.27. The lowest BCUT2D eigenvalue weighted by atomic mass is 10.1. The topological polar surface area (TPSA) is 71.5 Å². The Kier molecular flexibility index (Phi) is 8.48. The van der Waals surface area contributed by atoms with Crippen molar-refractivity contribution in [1.82, 2.24) is 14.6 Å². The Morgan fingerprint density at radius 1 is 1.10 bits per heavy atom. The first-order chi connectivity index (χ1) is 14.6. The minimum absolute atomic E-state index is 0.353. The first-order valence-corrected chi connectivity index (χ1v) is 12.7. The molecule has 1 fully saturated rings. The third kappa shape index (κ3) is 5.50.